The third-order valence-corrected chi connectivity index (χ3v) is 7.14. The van der Waals surface area contributed by atoms with E-state index in [4.69, 9.17) is 9.47 Å². The zero-order valence-corrected chi connectivity index (χ0v) is 22.7. The second kappa shape index (κ2) is 11.3. The number of benzene rings is 3. The molecule has 0 aromatic heterocycles. The predicted octanol–water partition coefficient (Wildman–Crippen LogP) is 9.07. The van der Waals surface area contributed by atoms with Gasteiger partial charge in [0.05, 0.1) is 24.3 Å². The first-order chi connectivity index (χ1) is 19.1. The van der Waals surface area contributed by atoms with Gasteiger partial charge in [0.25, 0.3) is 0 Å². The van der Waals surface area contributed by atoms with Crippen LogP contribution in [0, 0.1) is 0 Å². The molecule has 0 spiro atoms. The van der Waals surface area contributed by atoms with E-state index < -0.39 is 48.4 Å². The van der Waals surface area contributed by atoms with E-state index in [9.17, 15) is 35.5 Å². The predicted molar refractivity (Wildman–Crippen MR) is 138 cm³/mol. The van der Waals surface area contributed by atoms with Crippen molar-refractivity contribution in [1.29, 1.82) is 0 Å². The standard InChI is InChI=1S/C30H28F7NO3/c1-16(2)20-5-8-26(40-4)24(12-20)23-7-6-21(29(32,33)34)13-25(23)27-17(3)38(28(39)41-27)15-19-9-18(14-31)10-22(11-19)30(35,36)37/h5-13,16-17,27H,14-15H2,1-4H3/t17-,27+/m0/s1. The Morgan fingerprint density at radius 3 is 2.12 bits per heavy atom. The van der Waals surface area contributed by atoms with Gasteiger partial charge in [-0.25, -0.2) is 9.18 Å². The number of hydrogen-bond donors (Lipinski definition) is 0. The summed E-state index contributed by atoms with van der Waals surface area (Å²) in [4.78, 5) is 14.1. The molecule has 1 aliphatic heterocycles. The van der Waals surface area contributed by atoms with Gasteiger partial charge in [0.1, 0.15) is 18.5 Å². The number of methoxy groups -OCH3 is 1. The Kier molecular flexibility index (Phi) is 8.29. The van der Waals surface area contributed by atoms with Gasteiger partial charge >= 0.3 is 18.4 Å². The molecule has 0 saturated carbocycles. The third-order valence-electron chi connectivity index (χ3n) is 7.14. The molecule has 1 heterocycles. The molecule has 2 atom stereocenters. The molecule has 3 aromatic rings. The number of cyclic esters (lactones) is 1. The number of amides is 1. The molecule has 4 rings (SSSR count). The fourth-order valence-corrected chi connectivity index (χ4v) is 4.94. The second-order valence-electron chi connectivity index (χ2n) is 10.3. The van der Waals surface area contributed by atoms with Crippen LogP contribution in [0.4, 0.5) is 35.5 Å². The van der Waals surface area contributed by atoms with Crippen molar-refractivity contribution in [3.63, 3.8) is 0 Å². The van der Waals surface area contributed by atoms with Crippen molar-refractivity contribution >= 4 is 6.09 Å². The molecule has 4 nitrogen and oxygen atoms in total. The lowest BCUT2D eigenvalue weighted by Crippen LogP contribution is -2.31. The minimum absolute atomic E-state index is 0.00694. The van der Waals surface area contributed by atoms with E-state index in [0.717, 1.165) is 28.7 Å². The molecule has 1 amide bonds. The van der Waals surface area contributed by atoms with Gasteiger partial charge < -0.3 is 9.47 Å². The Bertz CT molecular complexity index is 1430. The molecular weight excluding hydrogens is 555 g/mol. The molecule has 11 heteroatoms. The highest BCUT2D eigenvalue weighted by Crippen LogP contribution is 2.44. The van der Waals surface area contributed by atoms with Crippen LogP contribution in [0.25, 0.3) is 11.1 Å². The van der Waals surface area contributed by atoms with Crippen molar-refractivity contribution in [2.75, 3.05) is 7.11 Å². The first kappa shape index (κ1) is 30.2. The number of carbonyl (C=O) groups excluding carboxylic acids is 1. The van der Waals surface area contributed by atoms with Gasteiger partial charge in [-0.3, -0.25) is 4.90 Å². The van der Waals surface area contributed by atoms with E-state index in [0.29, 0.717) is 22.9 Å². The van der Waals surface area contributed by atoms with Crippen molar-refractivity contribution in [2.24, 2.45) is 0 Å². The van der Waals surface area contributed by atoms with Crippen LogP contribution in [0.1, 0.15) is 66.2 Å². The summed E-state index contributed by atoms with van der Waals surface area (Å²) in [6, 6.07) is 10.3. The summed E-state index contributed by atoms with van der Waals surface area (Å²) in [5.74, 6) is 0.491. The average molecular weight is 584 g/mol. The topological polar surface area (TPSA) is 38.8 Å². The normalized spacial score (nSPS) is 17.8. The number of ether oxygens (including phenoxy) is 2. The zero-order chi connectivity index (χ0) is 30.3. The Morgan fingerprint density at radius 2 is 1.54 bits per heavy atom. The number of nitrogens with zero attached hydrogens (tertiary/aromatic N) is 1. The lowest BCUT2D eigenvalue weighted by atomic mass is 9.89. The minimum atomic E-state index is -4.74. The SMILES string of the molecule is COc1ccc(C(C)C)cc1-c1ccc(C(F)(F)F)cc1[C@@H]1OC(=O)N(Cc2cc(CF)cc(C(F)(F)F)c2)[C@H]1C. The van der Waals surface area contributed by atoms with Crippen LogP contribution < -0.4 is 4.74 Å². The van der Waals surface area contributed by atoms with Gasteiger partial charge in [-0.15, -0.1) is 0 Å². The molecule has 1 aliphatic rings. The van der Waals surface area contributed by atoms with Crippen LogP contribution in [0.15, 0.2) is 54.6 Å². The highest BCUT2D eigenvalue weighted by Gasteiger charge is 2.42. The monoisotopic (exact) mass is 583 g/mol. The zero-order valence-electron chi connectivity index (χ0n) is 22.7. The largest absolute Gasteiger partial charge is 0.496 e. The number of halogens is 7. The molecule has 1 fully saturated rings. The average Bonchev–Trinajstić information content (AvgIpc) is 3.19. The maximum absolute atomic E-state index is 13.8. The van der Waals surface area contributed by atoms with E-state index in [1.807, 2.05) is 19.9 Å². The maximum Gasteiger partial charge on any atom is 0.416 e. The lowest BCUT2D eigenvalue weighted by molar-refractivity contribution is -0.138. The molecule has 0 unspecified atom stereocenters. The third kappa shape index (κ3) is 6.28. The van der Waals surface area contributed by atoms with Gasteiger partial charge in [-0.1, -0.05) is 32.0 Å². The van der Waals surface area contributed by atoms with Crippen LogP contribution in [-0.4, -0.2) is 24.1 Å². The maximum atomic E-state index is 13.8. The van der Waals surface area contributed by atoms with Gasteiger partial charge in [0.2, 0.25) is 0 Å². The number of rotatable bonds is 7. The Morgan fingerprint density at radius 1 is 0.878 bits per heavy atom. The van der Waals surface area contributed by atoms with Crippen molar-refractivity contribution in [2.45, 2.75) is 64.4 Å². The number of alkyl halides is 7. The molecule has 0 aliphatic carbocycles. The Hall–Kier alpha value is -3.76. The van der Waals surface area contributed by atoms with Crippen LogP contribution in [0.5, 0.6) is 5.75 Å². The van der Waals surface area contributed by atoms with Crippen LogP contribution in [0.3, 0.4) is 0 Å². The molecule has 41 heavy (non-hydrogen) atoms. The van der Waals surface area contributed by atoms with Gasteiger partial charge in [-0.2, -0.15) is 26.3 Å². The van der Waals surface area contributed by atoms with E-state index >= 15 is 0 Å². The van der Waals surface area contributed by atoms with E-state index in [1.165, 1.54) is 26.2 Å². The molecule has 220 valence electrons. The summed E-state index contributed by atoms with van der Waals surface area (Å²) >= 11 is 0. The number of carbonyl (C=O) groups is 1. The Labute approximate surface area is 232 Å². The molecule has 0 radical (unpaired) electrons. The van der Waals surface area contributed by atoms with Crippen LogP contribution >= 0.6 is 0 Å². The fourth-order valence-electron chi connectivity index (χ4n) is 4.94. The summed E-state index contributed by atoms with van der Waals surface area (Å²) in [5.41, 5.74) is -0.429. The summed E-state index contributed by atoms with van der Waals surface area (Å²) in [7, 11) is 1.43. The minimum Gasteiger partial charge on any atom is -0.496 e. The molecule has 3 aromatic carbocycles. The highest BCUT2D eigenvalue weighted by molar-refractivity contribution is 5.77. The smallest absolute Gasteiger partial charge is 0.416 e. The first-order valence-electron chi connectivity index (χ1n) is 12.8. The van der Waals surface area contributed by atoms with E-state index in [-0.39, 0.29) is 29.2 Å². The van der Waals surface area contributed by atoms with Gasteiger partial charge in [-0.05, 0) is 71.5 Å². The van der Waals surface area contributed by atoms with Crippen molar-refractivity contribution in [1.82, 2.24) is 4.90 Å². The van der Waals surface area contributed by atoms with E-state index in [2.05, 4.69) is 0 Å². The lowest BCUT2D eigenvalue weighted by Gasteiger charge is -2.24. The summed E-state index contributed by atoms with van der Waals surface area (Å²) in [5, 5.41) is 0. The number of hydrogen-bond acceptors (Lipinski definition) is 3. The first-order valence-corrected chi connectivity index (χ1v) is 12.8. The highest BCUT2D eigenvalue weighted by atomic mass is 19.4. The summed E-state index contributed by atoms with van der Waals surface area (Å²) < 4.78 is 106. The molecule has 0 N–H and O–H groups in total. The van der Waals surface area contributed by atoms with Crippen LogP contribution in [-0.2, 0) is 30.3 Å². The molecular formula is C30H28F7NO3. The molecule has 0 bridgehead atoms. The fraction of sp³-hybridized carbons (Fsp3) is 0.367. The summed E-state index contributed by atoms with van der Waals surface area (Å²) in [6.07, 6.45) is -11.5. The van der Waals surface area contributed by atoms with E-state index in [1.54, 1.807) is 12.1 Å². The van der Waals surface area contributed by atoms with Crippen molar-refractivity contribution in [3.8, 4) is 16.9 Å². The molecule has 1 saturated heterocycles. The summed E-state index contributed by atoms with van der Waals surface area (Å²) in [6.45, 7) is 3.93. The quantitative estimate of drug-likeness (QED) is 0.261. The van der Waals surface area contributed by atoms with Gasteiger partial charge in [0, 0.05) is 17.7 Å². The second-order valence-corrected chi connectivity index (χ2v) is 10.3. The van der Waals surface area contributed by atoms with Crippen LogP contribution in [0.2, 0.25) is 0 Å². The van der Waals surface area contributed by atoms with Gasteiger partial charge in [0.15, 0.2) is 0 Å². The van der Waals surface area contributed by atoms with Crippen molar-refractivity contribution < 1.29 is 45.0 Å². The Balaban J connectivity index is 1.79. The van der Waals surface area contributed by atoms with Crippen molar-refractivity contribution in [3.05, 3.63) is 88.0 Å².